The summed E-state index contributed by atoms with van der Waals surface area (Å²) < 4.78 is 62.0. The predicted octanol–water partition coefficient (Wildman–Crippen LogP) is -2.38. The van der Waals surface area contributed by atoms with E-state index in [4.69, 9.17) is 5.63 Å². The van der Waals surface area contributed by atoms with E-state index < -0.39 is 47.4 Å². The summed E-state index contributed by atoms with van der Waals surface area (Å²) >= 11 is -2.16. The molecule has 0 aromatic heterocycles. The van der Waals surface area contributed by atoms with Crippen LogP contribution in [0.5, 0.6) is 11.5 Å². The van der Waals surface area contributed by atoms with Gasteiger partial charge < -0.3 is 24.8 Å². The fourth-order valence-electron chi connectivity index (χ4n) is 1.22. The second-order valence-electron chi connectivity index (χ2n) is 3.44. The Labute approximate surface area is 143 Å². The van der Waals surface area contributed by atoms with Gasteiger partial charge in [0.05, 0.1) is 0 Å². The van der Waals surface area contributed by atoms with Crippen molar-refractivity contribution in [3.63, 3.8) is 0 Å². The molecule has 0 aliphatic carbocycles. The summed E-state index contributed by atoms with van der Waals surface area (Å²) in [6.45, 7) is 0. The molecule has 0 unspecified atom stereocenters. The van der Waals surface area contributed by atoms with Crippen LogP contribution in [0.15, 0.2) is 36.4 Å². The van der Waals surface area contributed by atoms with Gasteiger partial charge >= 0.3 is 118 Å². The third-order valence-corrected chi connectivity index (χ3v) is 3.58. The van der Waals surface area contributed by atoms with Crippen LogP contribution in [0.1, 0.15) is 0 Å². The largest absolute Gasteiger partial charge is 1.00 e. The molecule has 0 atom stereocenters. The molecule has 2 aromatic carbocycles. The molecule has 0 saturated heterocycles. The summed E-state index contributed by atoms with van der Waals surface area (Å²) in [5.41, 5.74) is 0. The summed E-state index contributed by atoms with van der Waals surface area (Å²) in [6.07, 6.45) is 0. The molecule has 21 heavy (non-hydrogen) atoms. The Kier molecular flexibility index (Phi) is 8.94. The molecule has 0 bridgehead atoms. The van der Waals surface area contributed by atoms with Crippen LogP contribution < -0.4 is 30.4 Å². The Hall–Kier alpha value is -0.777. The Morgan fingerprint density at radius 2 is 1.05 bits per heavy atom. The Balaban J connectivity index is 0.00000200. The van der Waals surface area contributed by atoms with Crippen LogP contribution in [0.3, 0.4) is 0 Å². The molecule has 0 amide bonds. The monoisotopic (exact) mass is 418 g/mol. The summed E-state index contributed by atoms with van der Waals surface area (Å²) in [7, 11) is 0. The summed E-state index contributed by atoms with van der Waals surface area (Å²) in [5.74, 6) is -3.41. The molecule has 9 heteroatoms. The first-order valence-electron chi connectivity index (χ1n) is 5.05. The Morgan fingerprint density at radius 3 is 1.43 bits per heavy atom. The van der Waals surface area contributed by atoms with Crippen LogP contribution in [0, 0.1) is 23.3 Å². The van der Waals surface area contributed by atoms with Crippen molar-refractivity contribution in [1.82, 2.24) is 0 Å². The summed E-state index contributed by atoms with van der Waals surface area (Å²) in [6, 6.07) is 5.43. The van der Waals surface area contributed by atoms with Gasteiger partial charge in [0.2, 0.25) is 0 Å². The van der Waals surface area contributed by atoms with Crippen molar-refractivity contribution in [1.29, 1.82) is 0 Å². The van der Waals surface area contributed by atoms with Crippen molar-refractivity contribution in [3.8, 4) is 11.5 Å². The molecule has 112 valence electrons. The normalized spacial score (nSPS) is 8.95. The average molecular weight is 420 g/mol. The van der Waals surface area contributed by atoms with Gasteiger partial charge in [-0.25, -0.2) is 0 Å². The van der Waals surface area contributed by atoms with Crippen molar-refractivity contribution in [3.05, 3.63) is 59.7 Å². The van der Waals surface area contributed by atoms with Crippen LogP contribution in [-0.4, -0.2) is 0 Å². The quantitative estimate of drug-likeness (QED) is 0.515. The van der Waals surface area contributed by atoms with Crippen LogP contribution in [0.4, 0.5) is 17.6 Å². The number of halogens is 6. The Morgan fingerprint density at radius 1 is 0.667 bits per heavy atom. The van der Waals surface area contributed by atoms with Crippen molar-refractivity contribution in [2.75, 3.05) is 0 Å². The minimum atomic E-state index is -2.16. The van der Waals surface area contributed by atoms with Crippen molar-refractivity contribution in [2.45, 2.75) is 0 Å². The zero-order chi connectivity index (χ0) is 13.8. The summed E-state index contributed by atoms with van der Waals surface area (Å²) in [5, 5.41) is 0. The van der Waals surface area contributed by atoms with Crippen LogP contribution in [-0.2, 0) is 24.1 Å². The second kappa shape index (κ2) is 9.28. The molecule has 2 nitrogen and oxygen atoms in total. The Bertz CT molecular complexity index is 550. The van der Waals surface area contributed by atoms with E-state index in [1.807, 2.05) is 0 Å². The molecule has 0 radical (unpaired) electrons. The van der Waals surface area contributed by atoms with Gasteiger partial charge in [0.25, 0.3) is 0 Å². The number of rotatable bonds is 4. The SMILES string of the molecule is Fc1ccc(F)c([O][Zr+2][O]c2cc(F)ccc2F)c1.[Cl-].[Cl-]. The van der Waals surface area contributed by atoms with Gasteiger partial charge in [-0.1, -0.05) is 0 Å². The van der Waals surface area contributed by atoms with E-state index in [0.29, 0.717) is 0 Å². The fourth-order valence-corrected chi connectivity index (χ4v) is 2.53. The first-order valence-corrected chi connectivity index (χ1v) is 7.06. The van der Waals surface area contributed by atoms with E-state index >= 15 is 0 Å². The molecular weight excluding hydrogens is 414 g/mol. The maximum Gasteiger partial charge on any atom is -1.00 e. The van der Waals surface area contributed by atoms with Crippen molar-refractivity contribution >= 4 is 0 Å². The molecular formula is C12H6Cl2F4O2Zr. The van der Waals surface area contributed by atoms with Crippen LogP contribution >= 0.6 is 0 Å². The van der Waals surface area contributed by atoms with Gasteiger partial charge in [-0.2, -0.15) is 0 Å². The smallest absolute Gasteiger partial charge is 1.00 e. The minimum absolute atomic E-state index is 0. The average Bonchev–Trinajstić information content (AvgIpc) is 2.38. The first kappa shape index (κ1) is 20.2. The third-order valence-electron chi connectivity index (χ3n) is 2.09. The number of benzene rings is 2. The molecule has 2 aromatic rings. The first-order chi connectivity index (χ1) is 9.06. The van der Waals surface area contributed by atoms with Gasteiger partial charge in [-0.15, -0.1) is 0 Å². The van der Waals surface area contributed by atoms with E-state index in [2.05, 4.69) is 0 Å². The van der Waals surface area contributed by atoms with Crippen molar-refractivity contribution in [2.24, 2.45) is 0 Å². The van der Waals surface area contributed by atoms with E-state index in [1.165, 1.54) is 0 Å². The molecule has 0 fully saturated rings. The van der Waals surface area contributed by atoms with E-state index in [0.717, 1.165) is 36.4 Å². The molecule has 2 rings (SSSR count). The standard InChI is InChI=1S/2C6H4F2O.2ClH.Zr/c2*7-4-1-2-5(8)6(9)3-4;;;/h2*1-3,9H;2*1H;/q;;;;+4/p-4. The van der Waals surface area contributed by atoms with Crippen LogP contribution in [0.25, 0.3) is 0 Å². The zero-order valence-corrected chi connectivity index (χ0v) is 14.0. The maximum atomic E-state index is 13.2. The maximum absolute atomic E-state index is 13.2. The second-order valence-corrected chi connectivity index (χ2v) is 4.85. The van der Waals surface area contributed by atoms with Gasteiger partial charge in [-0.05, 0) is 0 Å². The van der Waals surface area contributed by atoms with E-state index in [-0.39, 0.29) is 36.3 Å². The van der Waals surface area contributed by atoms with E-state index in [9.17, 15) is 17.6 Å². The van der Waals surface area contributed by atoms with E-state index in [1.54, 1.807) is 0 Å². The number of hydrogen-bond acceptors (Lipinski definition) is 2. The minimum Gasteiger partial charge on any atom is -1.00 e. The molecule has 0 saturated carbocycles. The van der Waals surface area contributed by atoms with Crippen LogP contribution in [0.2, 0.25) is 0 Å². The number of hydrogen-bond donors (Lipinski definition) is 0. The van der Waals surface area contributed by atoms with Gasteiger partial charge in [-0.3, -0.25) is 0 Å². The van der Waals surface area contributed by atoms with Gasteiger partial charge in [0.15, 0.2) is 0 Å². The van der Waals surface area contributed by atoms with Gasteiger partial charge in [0, 0.05) is 0 Å². The third kappa shape index (κ3) is 5.85. The molecule has 0 spiro atoms. The molecule has 0 aliphatic rings. The topological polar surface area (TPSA) is 18.5 Å². The molecule has 0 heterocycles. The summed E-state index contributed by atoms with van der Waals surface area (Å²) in [4.78, 5) is 0. The molecule has 0 aliphatic heterocycles. The fraction of sp³-hybridized carbons (Fsp3) is 0. The molecule has 0 N–H and O–H groups in total. The van der Waals surface area contributed by atoms with Gasteiger partial charge in [0.1, 0.15) is 0 Å². The predicted molar refractivity (Wildman–Crippen MR) is 54.0 cm³/mol. The zero-order valence-electron chi connectivity index (χ0n) is 10.0. The van der Waals surface area contributed by atoms with Crippen molar-refractivity contribution < 1.29 is 72.1 Å².